The van der Waals surface area contributed by atoms with Crippen molar-refractivity contribution in [2.45, 2.75) is 30.5 Å². The van der Waals surface area contributed by atoms with Crippen LogP contribution in [-0.2, 0) is 19.1 Å². The fourth-order valence-corrected chi connectivity index (χ4v) is 1.69. The Labute approximate surface area is 145 Å². The van der Waals surface area contributed by atoms with Crippen LogP contribution in [0.3, 0.4) is 0 Å². The zero-order valence-electron chi connectivity index (χ0n) is 12.2. The molecule has 0 aromatic rings. The number of hydrogen-bond donors (Lipinski definition) is 1. The van der Waals surface area contributed by atoms with Crippen LogP contribution in [0.4, 0.5) is 48.3 Å². The van der Waals surface area contributed by atoms with Crippen molar-refractivity contribution in [2.24, 2.45) is 0 Å². The molecule has 1 N–H and O–H groups in total. The highest BCUT2D eigenvalue weighted by Gasteiger charge is 2.58. The summed E-state index contributed by atoms with van der Waals surface area (Å²) >= 11 is -0.845. The maximum atomic E-state index is 12.6. The molecular weight excluding hydrogens is 439 g/mol. The Balaban J connectivity index is 5.20. The number of alkyl halides is 11. The normalized spacial score (nSPS) is 14.5. The summed E-state index contributed by atoms with van der Waals surface area (Å²) in [5, 5.41) is -1.90. The Bertz CT molecular complexity index is 569. The molecule has 0 bridgehead atoms. The third-order valence-corrected chi connectivity index (χ3v) is 3.26. The fourth-order valence-electron chi connectivity index (χ4n) is 0.994. The lowest BCUT2D eigenvalue weighted by Crippen LogP contribution is -2.50. The topological polar surface area (TPSA) is 72.5 Å². The highest BCUT2D eigenvalue weighted by atomic mass is 32.2. The minimum Gasteiger partial charge on any atom is -0.457 e. The lowest BCUT2D eigenvalue weighted by molar-refractivity contribution is -0.294. The first kappa shape index (κ1) is 25.2. The minimum absolute atomic E-state index is 0.734. The van der Waals surface area contributed by atoms with Crippen LogP contribution in [0.2, 0.25) is 0 Å². The van der Waals surface area contributed by atoms with Gasteiger partial charge in [0.15, 0.2) is 6.61 Å². The standard InChI is InChI=1S/C10H6F11NO4S/c11-7(12,10(19,20)21)2-26-4(23)3(22-5(24)8(13,14)15)1-27-6(25)9(16,17)18/h3H,1-2H2,(H,22,24). The highest BCUT2D eigenvalue weighted by molar-refractivity contribution is 8.13. The van der Waals surface area contributed by atoms with E-state index in [2.05, 4.69) is 4.74 Å². The maximum absolute atomic E-state index is 12.6. The van der Waals surface area contributed by atoms with Gasteiger partial charge in [-0.3, -0.25) is 9.59 Å². The SMILES string of the molecule is O=C(OCC(F)(F)C(F)(F)F)C(CSC(=O)C(F)(F)F)NC(=O)C(F)(F)F. The first-order valence-corrected chi connectivity index (χ1v) is 7.00. The highest BCUT2D eigenvalue weighted by Crippen LogP contribution is 2.35. The van der Waals surface area contributed by atoms with Crippen molar-refractivity contribution in [2.75, 3.05) is 12.4 Å². The number of carbonyl (C=O) groups is 3. The van der Waals surface area contributed by atoms with Gasteiger partial charge in [-0.25, -0.2) is 4.79 Å². The summed E-state index contributed by atoms with van der Waals surface area (Å²) in [6.07, 6.45) is -17.4. The molecule has 17 heteroatoms. The zero-order valence-corrected chi connectivity index (χ0v) is 13.0. The number of nitrogens with one attached hydrogen (secondary N) is 1. The lowest BCUT2D eigenvalue weighted by Gasteiger charge is -2.22. The third kappa shape index (κ3) is 8.17. The Morgan fingerprint density at radius 2 is 1.33 bits per heavy atom. The second-order valence-electron chi connectivity index (χ2n) is 4.43. The molecule has 1 unspecified atom stereocenters. The number of hydrogen-bond acceptors (Lipinski definition) is 5. The summed E-state index contributed by atoms with van der Waals surface area (Å²) in [5.41, 5.74) is 0. The van der Waals surface area contributed by atoms with Crippen LogP contribution in [0.25, 0.3) is 0 Å². The van der Waals surface area contributed by atoms with E-state index >= 15 is 0 Å². The molecule has 158 valence electrons. The molecule has 1 atom stereocenters. The molecule has 0 aliphatic carbocycles. The number of carbonyl (C=O) groups excluding carboxylic acids is 3. The number of amides is 1. The van der Waals surface area contributed by atoms with Crippen LogP contribution >= 0.6 is 11.8 Å². The average Bonchev–Trinajstić information content (AvgIpc) is 2.45. The van der Waals surface area contributed by atoms with E-state index in [9.17, 15) is 62.7 Å². The van der Waals surface area contributed by atoms with Gasteiger partial charge in [0.2, 0.25) is 0 Å². The number of ether oxygens (including phenoxy) is 1. The largest absolute Gasteiger partial charge is 0.471 e. The summed E-state index contributed by atoms with van der Waals surface area (Å²) in [4.78, 5) is 32.6. The van der Waals surface area contributed by atoms with Crippen molar-refractivity contribution >= 4 is 28.8 Å². The molecule has 0 radical (unpaired) electrons. The third-order valence-electron chi connectivity index (χ3n) is 2.27. The van der Waals surface area contributed by atoms with Gasteiger partial charge in [-0.1, -0.05) is 11.8 Å². The van der Waals surface area contributed by atoms with E-state index < -0.39 is 71.6 Å². The number of rotatable bonds is 6. The van der Waals surface area contributed by atoms with Gasteiger partial charge in [0.1, 0.15) is 6.04 Å². The van der Waals surface area contributed by atoms with E-state index in [4.69, 9.17) is 0 Å². The maximum Gasteiger partial charge on any atom is 0.471 e. The van der Waals surface area contributed by atoms with Crippen molar-refractivity contribution in [3.63, 3.8) is 0 Å². The first-order chi connectivity index (χ1) is 11.8. The van der Waals surface area contributed by atoms with Crippen LogP contribution in [0, 0.1) is 0 Å². The molecular formula is C10H6F11NO4S. The minimum atomic E-state index is -6.21. The number of esters is 1. The van der Waals surface area contributed by atoms with Gasteiger partial charge in [0.05, 0.1) is 0 Å². The van der Waals surface area contributed by atoms with Crippen molar-refractivity contribution < 1.29 is 67.4 Å². The number of halogens is 11. The van der Waals surface area contributed by atoms with Crippen LogP contribution in [0.15, 0.2) is 0 Å². The molecule has 0 rings (SSSR count). The van der Waals surface area contributed by atoms with Gasteiger partial charge < -0.3 is 10.1 Å². The zero-order chi connectivity index (χ0) is 21.8. The van der Waals surface area contributed by atoms with Gasteiger partial charge in [0, 0.05) is 5.75 Å². The lowest BCUT2D eigenvalue weighted by atomic mass is 10.3. The predicted octanol–water partition coefficient (Wildman–Crippen LogP) is 2.60. The van der Waals surface area contributed by atoms with Crippen molar-refractivity contribution in [1.82, 2.24) is 5.32 Å². The molecule has 27 heavy (non-hydrogen) atoms. The van der Waals surface area contributed by atoms with Crippen LogP contribution < -0.4 is 5.32 Å². The Hall–Kier alpha value is -1.81. The molecule has 0 fully saturated rings. The van der Waals surface area contributed by atoms with Crippen LogP contribution in [0.1, 0.15) is 0 Å². The monoisotopic (exact) mass is 445 g/mol. The van der Waals surface area contributed by atoms with Gasteiger partial charge >= 0.3 is 36.3 Å². The molecule has 0 aliphatic heterocycles. The van der Waals surface area contributed by atoms with Gasteiger partial charge in [-0.15, -0.1) is 0 Å². The predicted molar refractivity (Wildman–Crippen MR) is 63.5 cm³/mol. The summed E-state index contributed by atoms with van der Waals surface area (Å²) in [6.45, 7) is -2.72. The molecule has 0 heterocycles. The van der Waals surface area contributed by atoms with E-state index in [-0.39, 0.29) is 0 Å². The summed E-state index contributed by atoms with van der Waals surface area (Å²) in [7, 11) is 0. The van der Waals surface area contributed by atoms with E-state index in [1.165, 1.54) is 0 Å². The Morgan fingerprint density at radius 3 is 1.70 bits per heavy atom. The van der Waals surface area contributed by atoms with E-state index in [1.54, 1.807) is 0 Å². The smallest absolute Gasteiger partial charge is 0.457 e. The second-order valence-corrected chi connectivity index (χ2v) is 5.42. The van der Waals surface area contributed by atoms with Gasteiger partial charge in [-0.05, 0) is 0 Å². The summed E-state index contributed by atoms with van der Waals surface area (Å²) in [6, 6.07) is -2.78. The molecule has 0 aliphatic rings. The quantitative estimate of drug-likeness (QED) is 0.503. The van der Waals surface area contributed by atoms with Crippen molar-refractivity contribution in [3.8, 4) is 0 Å². The molecule has 0 spiro atoms. The Morgan fingerprint density at radius 1 is 0.852 bits per heavy atom. The van der Waals surface area contributed by atoms with Crippen LogP contribution in [0.5, 0.6) is 0 Å². The molecule has 1 amide bonds. The first-order valence-electron chi connectivity index (χ1n) is 6.02. The molecule has 0 aromatic carbocycles. The van der Waals surface area contributed by atoms with E-state index in [0.29, 0.717) is 0 Å². The van der Waals surface area contributed by atoms with Gasteiger partial charge in [-0.2, -0.15) is 48.3 Å². The van der Waals surface area contributed by atoms with E-state index in [0.717, 1.165) is 5.32 Å². The molecule has 0 saturated carbocycles. The van der Waals surface area contributed by atoms with Crippen molar-refractivity contribution in [3.05, 3.63) is 0 Å². The fraction of sp³-hybridized carbons (Fsp3) is 0.700. The second kappa shape index (κ2) is 8.47. The Kier molecular flexibility index (Phi) is 7.90. The summed E-state index contributed by atoms with van der Waals surface area (Å²) in [5.74, 6) is -12.5. The van der Waals surface area contributed by atoms with Crippen molar-refractivity contribution in [1.29, 1.82) is 0 Å². The van der Waals surface area contributed by atoms with Crippen LogP contribution in [-0.4, -0.2) is 59.8 Å². The average molecular weight is 445 g/mol. The molecule has 0 saturated heterocycles. The summed E-state index contributed by atoms with van der Waals surface area (Å²) < 4.78 is 137. The molecule has 0 aromatic heterocycles. The van der Waals surface area contributed by atoms with E-state index in [1.807, 2.05) is 0 Å². The number of thioether (sulfide) groups is 1. The molecule has 5 nitrogen and oxygen atoms in total. The van der Waals surface area contributed by atoms with Gasteiger partial charge in [0.25, 0.3) is 5.12 Å².